The molecule has 2 aromatic rings. The summed E-state index contributed by atoms with van der Waals surface area (Å²) < 4.78 is 44.0. The average Bonchev–Trinajstić information content (AvgIpc) is 2.45. The van der Waals surface area contributed by atoms with Gasteiger partial charge in [0.2, 0.25) is 0 Å². The Balaban J connectivity index is 2.43. The maximum Gasteiger partial charge on any atom is 0.297 e. The van der Waals surface area contributed by atoms with Gasteiger partial charge in [-0.2, -0.15) is 0 Å². The summed E-state index contributed by atoms with van der Waals surface area (Å²) >= 11 is 5.99. The van der Waals surface area contributed by atoms with Crippen LogP contribution in [0.3, 0.4) is 0 Å². The first-order chi connectivity index (χ1) is 10.4. The zero-order valence-electron chi connectivity index (χ0n) is 11.9. The van der Waals surface area contributed by atoms with Gasteiger partial charge in [0, 0.05) is 11.8 Å². The molecular formula is C15H14ClF3N2O. The van der Waals surface area contributed by atoms with Crippen molar-refractivity contribution < 1.29 is 17.9 Å². The highest BCUT2D eigenvalue weighted by molar-refractivity contribution is 6.30. The normalized spacial score (nSPS) is 12.9. The number of rotatable bonds is 5. The first-order valence-electron chi connectivity index (χ1n) is 6.60. The van der Waals surface area contributed by atoms with Gasteiger partial charge >= 0.3 is 0 Å². The fourth-order valence-corrected chi connectivity index (χ4v) is 2.14. The number of hydrogen-bond acceptors (Lipinski definition) is 3. The second kappa shape index (κ2) is 7.07. The summed E-state index contributed by atoms with van der Waals surface area (Å²) in [5.41, 5.74) is 0.983. The number of hydrogen-bond donors (Lipinski definition) is 0. The van der Waals surface area contributed by atoms with Crippen LogP contribution in [0, 0.1) is 5.82 Å². The van der Waals surface area contributed by atoms with Crippen LogP contribution in [0.4, 0.5) is 13.2 Å². The van der Waals surface area contributed by atoms with Gasteiger partial charge in [0.1, 0.15) is 17.1 Å². The van der Waals surface area contributed by atoms with Crippen LogP contribution < -0.4 is 0 Å². The van der Waals surface area contributed by atoms with Gasteiger partial charge in [-0.15, -0.1) is 0 Å². The van der Waals surface area contributed by atoms with E-state index in [1.807, 2.05) is 13.8 Å². The molecule has 0 N–H and O–H groups in total. The molecule has 3 nitrogen and oxygen atoms in total. The maximum absolute atomic E-state index is 13.1. The van der Waals surface area contributed by atoms with Crippen LogP contribution in [0.5, 0.6) is 0 Å². The molecule has 0 radical (unpaired) electrons. The average molecular weight is 331 g/mol. The van der Waals surface area contributed by atoms with E-state index in [0.29, 0.717) is 11.1 Å². The Morgan fingerprint density at radius 2 is 1.77 bits per heavy atom. The van der Waals surface area contributed by atoms with Crippen molar-refractivity contribution in [3.63, 3.8) is 0 Å². The summed E-state index contributed by atoms with van der Waals surface area (Å²) in [4.78, 5) is 7.20. The third-order valence-electron chi connectivity index (χ3n) is 2.85. The van der Waals surface area contributed by atoms with Crippen LogP contribution >= 0.6 is 11.6 Å². The lowest BCUT2D eigenvalue weighted by molar-refractivity contribution is 0.0298. The van der Waals surface area contributed by atoms with Crippen LogP contribution in [0.2, 0.25) is 5.15 Å². The minimum atomic E-state index is -2.80. The highest BCUT2D eigenvalue weighted by Crippen LogP contribution is 2.32. The van der Waals surface area contributed by atoms with Gasteiger partial charge < -0.3 is 4.74 Å². The maximum atomic E-state index is 13.1. The molecule has 7 heteroatoms. The van der Waals surface area contributed by atoms with Gasteiger partial charge in [-0.05, 0) is 31.5 Å². The summed E-state index contributed by atoms with van der Waals surface area (Å²) in [7, 11) is 0. The lowest BCUT2D eigenvalue weighted by Crippen LogP contribution is -2.14. The Bertz CT molecular complexity index is 635. The van der Waals surface area contributed by atoms with Crippen molar-refractivity contribution in [3.8, 4) is 0 Å². The predicted octanol–water partition coefficient (Wildman–Crippen LogP) is 4.72. The quantitative estimate of drug-likeness (QED) is 0.744. The molecule has 1 aromatic carbocycles. The van der Waals surface area contributed by atoms with E-state index >= 15 is 0 Å². The van der Waals surface area contributed by atoms with E-state index in [1.54, 1.807) is 12.1 Å². The Morgan fingerprint density at radius 1 is 1.14 bits per heavy atom. The number of ether oxygens (including phenoxy) is 1. The summed E-state index contributed by atoms with van der Waals surface area (Å²) in [5, 5.41) is -0.111. The molecule has 0 fully saturated rings. The van der Waals surface area contributed by atoms with Gasteiger partial charge in [0.05, 0.1) is 6.10 Å². The summed E-state index contributed by atoms with van der Waals surface area (Å²) in [6.45, 7) is 3.64. The van der Waals surface area contributed by atoms with Crippen molar-refractivity contribution in [2.24, 2.45) is 0 Å². The molecule has 0 amide bonds. The molecule has 0 saturated carbocycles. The fraction of sp³-hybridized carbons (Fsp3) is 0.333. The molecule has 1 heterocycles. The molecule has 0 aliphatic rings. The van der Waals surface area contributed by atoms with Crippen molar-refractivity contribution >= 4 is 11.6 Å². The first-order valence-corrected chi connectivity index (χ1v) is 6.97. The molecule has 1 aromatic heterocycles. The highest BCUT2D eigenvalue weighted by Gasteiger charge is 2.22. The summed E-state index contributed by atoms with van der Waals surface area (Å²) in [6.07, 6.45) is -2.42. The van der Waals surface area contributed by atoms with Crippen LogP contribution in [0.15, 0.2) is 30.5 Å². The number of benzene rings is 1. The van der Waals surface area contributed by atoms with E-state index in [1.165, 1.54) is 18.3 Å². The van der Waals surface area contributed by atoms with E-state index in [4.69, 9.17) is 16.3 Å². The molecule has 0 spiro atoms. The number of nitrogens with zero attached hydrogens (tertiary/aromatic N) is 2. The topological polar surface area (TPSA) is 35.0 Å². The Labute approximate surface area is 131 Å². The Hall–Kier alpha value is -1.66. The monoisotopic (exact) mass is 330 g/mol. The van der Waals surface area contributed by atoms with E-state index < -0.39 is 18.4 Å². The predicted molar refractivity (Wildman–Crippen MR) is 76.5 cm³/mol. The van der Waals surface area contributed by atoms with Crippen LogP contribution in [-0.2, 0) is 4.74 Å². The van der Waals surface area contributed by atoms with Crippen molar-refractivity contribution in [1.82, 2.24) is 9.97 Å². The molecule has 0 aliphatic heterocycles. The zero-order valence-corrected chi connectivity index (χ0v) is 12.7. The van der Waals surface area contributed by atoms with Gasteiger partial charge in [-0.3, -0.25) is 0 Å². The lowest BCUT2D eigenvalue weighted by atomic mass is 10.0. The number of aromatic nitrogens is 2. The van der Waals surface area contributed by atoms with E-state index in [0.717, 1.165) is 0 Å². The van der Waals surface area contributed by atoms with Crippen molar-refractivity contribution in [2.75, 3.05) is 0 Å². The van der Waals surface area contributed by atoms with Crippen LogP contribution in [0.1, 0.15) is 43.3 Å². The highest BCUT2D eigenvalue weighted by atomic mass is 35.5. The van der Waals surface area contributed by atoms with E-state index in [2.05, 4.69) is 9.97 Å². The molecule has 1 atom stereocenters. The van der Waals surface area contributed by atoms with E-state index in [-0.39, 0.29) is 17.1 Å². The molecule has 0 bridgehead atoms. The number of alkyl halides is 2. The fourth-order valence-electron chi connectivity index (χ4n) is 1.91. The second-order valence-electron chi connectivity index (χ2n) is 4.89. The molecule has 2 rings (SSSR count). The number of halogens is 4. The Kier molecular flexibility index (Phi) is 5.37. The van der Waals surface area contributed by atoms with Crippen LogP contribution in [0.25, 0.3) is 0 Å². The molecule has 1 unspecified atom stereocenters. The van der Waals surface area contributed by atoms with Crippen LogP contribution in [-0.4, -0.2) is 16.1 Å². The molecule has 0 saturated heterocycles. The third-order valence-corrected chi connectivity index (χ3v) is 3.15. The van der Waals surface area contributed by atoms with Crippen molar-refractivity contribution in [1.29, 1.82) is 0 Å². The minimum absolute atomic E-state index is 0.111. The SMILES string of the molecule is CC(C)OC(c1ccc(F)cc1)c1cnc(C(F)F)nc1Cl. The molecular weight excluding hydrogens is 317 g/mol. The van der Waals surface area contributed by atoms with Gasteiger partial charge in [0.25, 0.3) is 6.43 Å². The standard InChI is InChI=1S/C15H14ClF3N2O/c1-8(2)22-12(9-3-5-10(17)6-4-9)11-7-20-15(14(18)19)21-13(11)16/h3-8,12,14H,1-2H3. The van der Waals surface area contributed by atoms with Gasteiger partial charge in [-0.25, -0.2) is 23.1 Å². The van der Waals surface area contributed by atoms with Crippen molar-refractivity contribution in [2.45, 2.75) is 32.5 Å². The van der Waals surface area contributed by atoms with Crippen molar-refractivity contribution in [3.05, 3.63) is 58.4 Å². The summed E-state index contributed by atoms with van der Waals surface area (Å²) in [6, 6.07) is 5.65. The second-order valence-corrected chi connectivity index (χ2v) is 5.25. The van der Waals surface area contributed by atoms with Gasteiger partial charge in [-0.1, -0.05) is 23.7 Å². The molecule has 22 heavy (non-hydrogen) atoms. The van der Waals surface area contributed by atoms with Gasteiger partial charge in [0.15, 0.2) is 5.82 Å². The first kappa shape index (κ1) is 16.7. The lowest BCUT2D eigenvalue weighted by Gasteiger charge is -2.22. The molecule has 118 valence electrons. The third kappa shape index (κ3) is 3.96. The smallest absolute Gasteiger partial charge is 0.297 e. The van der Waals surface area contributed by atoms with E-state index in [9.17, 15) is 13.2 Å². The molecule has 0 aliphatic carbocycles. The Morgan fingerprint density at radius 3 is 2.27 bits per heavy atom. The zero-order chi connectivity index (χ0) is 16.3. The minimum Gasteiger partial charge on any atom is -0.366 e. The largest absolute Gasteiger partial charge is 0.366 e. The summed E-state index contributed by atoms with van der Waals surface area (Å²) in [5.74, 6) is -1.03.